The van der Waals surface area contributed by atoms with Crippen LogP contribution in [-0.4, -0.2) is 50.9 Å². The van der Waals surface area contributed by atoms with E-state index >= 15 is 0 Å². The van der Waals surface area contributed by atoms with Crippen molar-refractivity contribution in [1.82, 2.24) is 24.8 Å². The number of likely N-dealkylation sites (N-methyl/N-ethyl adjacent to an activating group) is 1. The highest BCUT2D eigenvalue weighted by molar-refractivity contribution is 5.95. The topological polar surface area (TPSA) is 79.6 Å². The first-order valence-electron chi connectivity index (χ1n) is 8.98. The summed E-state index contributed by atoms with van der Waals surface area (Å²) in [7, 11) is 1.77. The van der Waals surface area contributed by atoms with Gasteiger partial charge in [0, 0.05) is 43.4 Å². The zero-order valence-electron chi connectivity index (χ0n) is 15.3. The second-order valence-corrected chi connectivity index (χ2v) is 6.94. The average Bonchev–Trinajstić information content (AvgIpc) is 3.04. The van der Waals surface area contributed by atoms with Gasteiger partial charge in [0.2, 0.25) is 5.91 Å². The van der Waals surface area contributed by atoms with Crippen LogP contribution in [0.3, 0.4) is 0 Å². The molecule has 1 fully saturated rings. The van der Waals surface area contributed by atoms with E-state index in [0.717, 1.165) is 22.6 Å². The summed E-state index contributed by atoms with van der Waals surface area (Å²) < 4.78 is 1.76. The van der Waals surface area contributed by atoms with Crippen LogP contribution >= 0.6 is 0 Å². The number of nitrogens with zero attached hydrogens (tertiary/aromatic N) is 4. The number of amides is 2. The molecule has 1 aromatic carbocycles. The normalized spacial score (nSPS) is 17.3. The molecule has 4 rings (SSSR count). The molecule has 27 heavy (non-hydrogen) atoms. The summed E-state index contributed by atoms with van der Waals surface area (Å²) in [6, 6.07) is 11.4. The maximum Gasteiger partial charge on any atom is 0.251 e. The third-order valence-electron chi connectivity index (χ3n) is 4.88. The van der Waals surface area contributed by atoms with Crippen LogP contribution in [0.5, 0.6) is 0 Å². The fourth-order valence-electron chi connectivity index (χ4n) is 3.38. The van der Waals surface area contributed by atoms with Crippen molar-refractivity contribution in [3.05, 3.63) is 54.0 Å². The van der Waals surface area contributed by atoms with Gasteiger partial charge in [-0.2, -0.15) is 5.10 Å². The summed E-state index contributed by atoms with van der Waals surface area (Å²) in [5, 5.41) is 7.35. The Balaban J connectivity index is 1.47. The van der Waals surface area contributed by atoms with Crippen LogP contribution in [0.15, 0.2) is 42.6 Å². The molecule has 0 saturated carbocycles. The number of aryl methyl sites for hydroxylation is 1. The second-order valence-electron chi connectivity index (χ2n) is 6.94. The highest BCUT2D eigenvalue weighted by Crippen LogP contribution is 2.20. The van der Waals surface area contributed by atoms with Crippen molar-refractivity contribution in [2.75, 3.05) is 13.6 Å². The Morgan fingerprint density at radius 1 is 1.15 bits per heavy atom. The molecule has 2 amide bonds. The fraction of sp³-hybridized carbons (Fsp3) is 0.300. The van der Waals surface area contributed by atoms with E-state index in [0.29, 0.717) is 24.9 Å². The first-order chi connectivity index (χ1) is 13.0. The lowest BCUT2D eigenvalue weighted by Crippen LogP contribution is -2.48. The number of nitrogens with one attached hydrogen (secondary N) is 1. The molecule has 3 aromatic rings. The molecule has 2 aromatic heterocycles. The maximum absolute atomic E-state index is 12.5. The zero-order chi connectivity index (χ0) is 19.0. The molecular formula is C20H21N5O2. The second kappa shape index (κ2) is 6.83. The molecule has 0 radical (unpaired) electrons. The van der Waals surface area contributed by atoms with Gasteiger partial charge in [-0.15, -0.1) is 0 Å². The van der Waals surface area contributed by atoms with Gasteiger partial charge in [0.25, 0.3) is 5.91 Å². The molecule has 0 spiro atoms. The third kappa shape index (κ3) is 3.53. The number of hydrogen-bond donors (Lipinski definition) is 1. The van der Waals surface area contributed by atoms with Gasteiger partial charge < -0.3 is 10.2 Å². The number of benzene rings is 1. The average molecular weight is 363 g/mol. The van der Waals surface area contributed by atoms with Crippen molar-refractivity contribution in [2.24, 2.45) is 0 Å². The molecule has 1 saturated heterocycles. The Bertz CT molecular complexity index is 1010. The van der Waals surface area contributed by atoms with Crippen molar-refractivity contribution < 1.29 is 9.59 Å². The van der Waals surface area contributed by atoms with Gasteiger partial charge in [-0.1, -0.05) is 12.1 Å². The first kappa shape index (κ1) is 17.2. The molecular weight excluding hydrogens is 342 g/mol. The maximum atomic E-state index is 12.5. The van der Waals surface area contributed by atoms with Gasteiger partial charge in [0.15, 0.2) is 5.65 Å². The molecule has 1 N–H and O–H groups in total. The number of carbonyl (C=O) groups excluding carboxylic acids is 2. The van der Waals surface area contributed by atoms with Crippen molar-refractivity contribution in [3.63, 3.8) is 0 Å². The van der Waals surface area contributed by atoms with Crippen LogP contribution in [-0.2, 0) is 4.79 Å². The van der Waals surface area contributed by atoms with E-state index in [2.05, 4.69) is 15.4 Å². The van der Waals surface area contributed by atoms with Gasteiger partial charge >= 0.3 is 0 Å². The standard InChI is InChI=1S/C20H21N5O2/c1-13-21-18-9-7-16(11-25(18)23-13)14-3-5-15(6-4-14)20(27)22-17-8-10-19(26)24(2)12-17/h3-7,9,11,17H,8,10,12H2,1-2H3,(H,22,27). The van der Waals surface area contributed by atoms with E-state index in [1.807, 2.05) is 49.5 Å². The van der Waals surface area contributed by atoms with Gasteiger partial charge in [-0.25, -0.2) is 9.50 Å². The molecule has 0 aliphatic carbocycles. The number of pyridine rings is 1. The van der Waals surface area contributed by atoms with E-state index in [1.165, 1.54) is 0 Å². The molecule has 0 bridgehead atoms. The summed E-state index contributed by atoms with van der Waals surface area (Å²) in [6.07, 6.45) is 3.09. The smallest absolute Gasteiger partial charge is 0.251 e. The van der Waals surface area contributed by atoms with Crippen LogP contribution in [0.25, 0.3) is 16.8 Å². The monoisotopic (exact) mass is 363 g/mol. The lowest BCUT2D eigenvalue weighted by atomic mass is 10.0. The Kier molecular flexibility index (Phi) is 4.35. The number of fused-ring (bicyclic) bond motifs is 1. The van der Waals surface area contributed by atoms with Crippen LogP contribution < -0.4 is 5.32 Å². The molecule has 1 atom stereocenters. The number of likely N-dealkylation sites (tertiary alicyclic amines) is 1. The quantitative estimate of drug-likeness (QED) is 0.772. The van der Waals surface area contributed by atoms with Gasteiger partial charge in [-0.05, 0) is 43.2 Å². The minimum atomic E-state index is -0.114. The van der Waals surface area contributed by atoms with Crippen LogP contribution in [0.4, 0.5) is 0 Å². The Morgan fingerprint density at radius 3 is 2.63 bits per heavy atom. The van der Waals surface area contributed by atoms with E-state index in [9.17, 15) is 9.59 Å². The molecule has 7 heteroatoms. The van der Waals surface area contributed by atoms with Crippen molar-refractivity contribution in [3.8, 4) is 11.1 Å². The van der Waals surface area contributed by atoms with Gasteiger partial charge in [0.1, 0.15) is 5.82 Å². The molecule has 1 aliphatic rings. The lowest BCUT2D eigenvalue weighted by Gasteiger charge is -2.30. The van der Waals surface area contributed by atoms with Crippen molar-refractivity contribution in [1.29, 1.82) is 0 Å². The highest BCUT2D eigenvalue weighted by Gasteiger charge is 2.24. The number of carbonyl (C=O) groups is 2. The SMILES string of the molecule is Cc1nc2ccc(-c3ccc(C(=O)NC4CCC(=O)N(C)C4)cc3)cn2n1. The van der Waals surface area contributed by atoms with E-state index < -0.39 is 0 Å². The highest BCUT2D eigenvalue weighted by atomic mass is 16.2. The van der Waals surface area contributed by atoms with Gasteiger partial charge in [-0.3, -0.25) is 9.59 Å². The van der Waals surface area contributed by atoms with E-state index in [1.54, 1.807) is 16.5 Å². The summed E-state index contributed by atoms with van der Waals surface area (Å²) in [4.78, 5) is 30.0. The molecule has 7 nitrogen and oxygen atoms in total. The Labute approximate surface area is 157 Å². The lowest BCUT2D eigenvalue weighted by molar-refractivity contribution is -0.132. The number of piperidine rings is 1. The molecule has 138 valence electrons. The number of hydrogen-bond acceptors (Lipinski definition) is 4. The van der Waals surface area contributed by atoms with Crippen LogP contribution in [0.2, 0.25) is 0 Å². The summed E-state index contributed by atoms with van der Waals surface area (Å²) >= 11 is 0. The molecule has 1 unspecified atom stereocenters. The number of aromatic nitrogens is 3. The van der Waals surface area contributed by atoms with Gasteiger partial charge in [0.05, 0.1) is 0 Å². The summed E-state index contributed by atoms with van der Waals surface area (Å²) in [5.74, 6) is 0.746. The number of rotatable bonds is 3. The largest absolute Gasteiger partial charge is 0.348 e. The summed E-state index contributed by atoms with van der Waals surface area (Å²) in [6.45, 7) is 2.42. The predicted molar refractivity (Wildman–Crippen MR) is 101 cm³/mol. The van der Waals surface area contributed by atoms with Crippen molar-refractivity contribution >= 4 is 17.5 Å². The Morgan fingerprint density at radius 2 is 1.89 bits per heavy atom. The summed E-state index contributed by atoms with van der Waals surface area (Å²) in [5.41, 5.74) is 3.43. The zero-order valence-corrected chi connectivity index (χ0v) is 15.3. The first-order valence-corrected chi connectivity index (χ1v) is 8.98. The minimum absolute atomic E-state index is 0.00200. The van der Waals surface area contributed by atoms with Crippen LogP contribution in [0.1, 0.15) is 29.0 Å². The predicted octanol–water partition coefficient (Wildman–Crippen LogP) is 2.06. The van der Waals surface area contributed by atoms with E-state index in [4.69, 9.17) is 0 Å². The van der Waals surface area contributed by atoms with Crippen molar-refractivity contribution in [2.45, 2.75) is 25.8 Å². The fourth-order valence-corrected chi connectivity index (χ4v) is 3.38. The van der Waals surface area contributed by atoms with E-state index in [-0.39, 0.29) is 17.9 Å². The Hall–Kier alpha value is -3.22. The minimum Gasteiger partial charge on any atom is -0.348 e. The third-order valence-corrected chi connectivity index (χ3v) is 4.88. The molecule has 1 aliphatic heterocycles. The van der Waals surface area contributed by atoms with Crippen LogP contribution in [0, 0.1) is 6.92 Å². The molecule has 3 heterocycles.